The standard InChI is InChI=1S/C17H20N4O4S/c1-11-9-15(19-12-7-8-26(23,24)10-12)21-17(18-11)20-14-6-4-3-5-13(14)16(22)25-2/h3-6,9,12H,7-8,10H2,1-2H3,(H2,18,19,20,21). The van der Waals surface area contributed by atoms with E-state index in [2.05, 4.69) is 20.6 Å². The minimum Gasteiger partial charge on any atom is -0.465 e. The summed E-state index contributed by atoms with van der Waals surface area (Å²) in [4.78, 5) is 20.6. The summed E-state index contributed by atoms with van der Waals surface area (Å²) in [6.07, 6.45) is 0.555. The molecule has 26 heavy (non-hydrogen) atoms. The van der Waals surface area contributed by atoms with Crippen LogP contribution in [0.2, 0.25) is 0 Å². The van der Waals surface area contributed by atoms with Gasteiger partial charge in [0.15, 0.2) is 9.84 Å². The number of hydrogen-bond acceptors (Lipinski definition) is 8. The number of rotatable bonds is 5. The van der Waals surface area contributed by atoms with Crippen molar-refractivity contribution in [1.29, 1.82) is 0 Å². The molecule has 138 valence electrons. The van der Waals surface area contributed by atoms with Gasteiger partial charge in [0.1, 0.15) is 5.82 Å². The maximum absolute atomic E-state index is 11.9. The number of nitrogens with one attached hydrogen (secondary N) is 2. The zero-order chi connectivity index (χ0) is 18.7. The summed E-state index contributed by atoms with van der Waals surface area (Å²) in [5.41, 5.74) is 1.61. The Morgan fingerprint density at radius 3 is 2.73 bits per heavy atom. The molecule has 8 nitrogen and oxygen atoms in total. The summed E-state index contributed by atoms with van der Waals surface area (Å²) in [6, 6.07) is 8.49. The molecule has 2 aromatic rings. The molecule has 1 aliphatic heterocycles. The van der Waals surface area contributed by atoms with E-state index < -0.39 is 15.8 Å². The molecule has 9 heteroatoms. The van der Waals surface area contributed by atoms with Gasteiger partial charge in [0, 0.05) is 17.8 Å². The highest BCUT2D eigenvalue weighted by Gasteiger charge is 2.28. The van der Waals surface area contributed by atoms with Gasteiger partial charge in [0.2, 0.25) is 5.95 Å². The molecule has 0 saturated carbocycles. The number of carbonyl (C=O) groups excluding carboxylic acids is 1. The van der Waals surface area contributed by atoms with Crippen LogP contribution in [0.5, 0.6) is 0 Å². The fourth-order valence-corrected chi connectivity index (χ4v) is 4.49. The monoisotopic (exact) mass is 376 g/mol. The Balaban J connectivity index is 1.82. The van der Waals surface area contributed by atoms with Crippen LogP contribution in [-0.2, 0) is 14.6 Å². The number of anilines is 3. The van der Waals surface area contributed by atoms with Gasteiger partial charge in [0.25, 0.3) is 0 Å². The second kappa shape index (κ2) is 7.28. The number of sulfone groups is 1. The van der Waals surface area contributed by atoms with E-state index in [1.807, 2.05) is 6.92 Å². The van der Waals surface area contributed by atoms with Crippen LogP contribution < -0.4 is 10.6 Å². The minimum atomic E-state index is -2.98. The van der Waals surface area contributed by atoms with Crippen molar-refractivity contribution in [1.82, 2.24) is 9.97 Å². The van der Waals surface area contributed by atoms with Gasteiger partial charge in [-0.25, -0.2) is 18.2 Å². The largest absolute Gasteiger partial charge is 0.465 e. The highest BCUT2D eigenvalue weighted by atomic mass is 32.2. The van der Waals surface area contributed by atoms with Crippen LogP contribution in [0.15, 0.2) is 30.3 Å². The van der Waals surface area contributed by atoms with Crippen molar-refractivity contribution in [2.24, 2.45) is 0 Å². The average Bonchev–Trinajstić information content (AvgIpc) is 2.92. The van der Waals surface area contributed by atoms with Gasteiger partial charge >= 0.3 is 5.97 Å². The van der Waals surface area contributed by atoms with Gasteiger partial charge < -0.3 is 15.4 Å². The van der Waals surface area contributed by atoms with Crippen LogP contribution >= 0.6 is 0 Å². The van der Waals surface area contributed by atoms with Gasteiger partial charge in [-0.05, 0) is 25.5 Å². The predicted molar refractivity (Wildman–Crippen MR) is 98.5 cm³/mol. The molecule has 1 aromatic carbocycles. The van der Waals surface area contributed by atoms with Crippen LogP contribution in [0.25, 0.3) is 0 Å². The first-order chi connectivity index (χ1) is 12.4. The number of methoxy groups -OCH3 is 1. The summed E-state index contributed by atoms with van der Waals surface area (Å²) >= 11 is 0. The third-order valence-corrected chi connectivity index (χ3v) is 5.79. The molecule has 1 saturated heterocycles. The summed E-state index contributed by atoms with van der Waals surface area (Å²) < 4.78 is 28.0. The molecule has 1 fully saturated rings. The number of nitrogens with zero attached hydrogens (tertiary/aromatic N) is 2. The first-order valence-electron chi connectivity index (χ1n) is 8.13. The van der Waals surface area contributed by atoms with Gasteiger partial charge in [-0.2, -0.15) is 4.98 Å². The number of carbonyl (C=O) groups is 1. The lowest BCUT2D eigenvalue weighted by atomic mass is 10.2. The Bertz CT molecular complexity index is 930. The van der Waals surface area contributed by atoms with E-state index in [1.165, 1.54) is 7.11 Å². The summed E-state index contributed by atoms with van der Waals surface area (Å²) in [5.74, 6) is 0.675. The molecular weight excluding hydrogens is 356 g/mol. The molecule has 1 unspecified atom stereocenters. The Morgan fingerprint density at radius 1 is 1.27 bits per heavy atom. The third kappa shape index (κ3) is 4.29. The molecule has 2 heterocycles. The second-order valence-corrected chi connectivity index (χ2v) is 8.35. The highest BCUT2D eigenvalue weighted by molar-refractivity contribution is 7.91. The zero-order valence-corrected chi connectivity index (χ0v) is 15.3. The molecule has 2 N–H and O–H groups in total. The van der Waals surface area contributed by atoms with E-state index in [9.17, 15) is 13.2 Å². The lowest BCUT2D eigenvalue weighted by Crippen LogP contribution is -2.21. The van der Waals surface area contributed by atoms with Crippen LogP contribution in [0.3, 0.4) is 0 Å². The van der Waals surface area contributed by atoms with Gasteiger partial charge in [-0.3, -0.25) is 0 Å². The SMILES string of the molecule is COC(=O)c1ccccc1Nc1nc(C)cc(NC2CCS(=O)(=O)C2)n1. The molecule has 0 amide bonds. The van der Waals surface area contributed by atoms with Gasteiger partial charge in [-0.1, -0.05) is 12.1 Å². The Hall–Kier alpha value is -2.68. The van der Waals surface area contributed by atoms with E-state index in [0.717, 1.165) is 0 Å². The predicted octanol–water partition coefficient (Wildman–Crippen LogP) is 1.91. The molecular formula is C17H20N4O4S. The van der Waals surface area contributed by atoms with E-state index in [1.54, 1.807) is 30.3 Å². The normalized spacial score (nSPS) is 18.3. The van der Waals surface area contributed by atoms with Crippen molar-refractivity contribution in [2.45, 2.75) is 19.4 Å². The number of aryl methyl sites for hydroxylation is 1. The van der Waals surface area contributed by atoms with Gasteiger partial charge in [-0.15, -0.1) is 0 Å². The molecule has 0 aliphatic carbocycles. The molecule has 0 bridgehead atoms. The third-order valence-electron chi connectivity index (χ3n) is 4.02. The van der Waals surface area contributed by atoms with E-state index in [-0.39, 0.29) is 17.5 Å². The van der Waals surface area contributed by atoms with Crippen LogP contribution in [-0.4, -0.2) is 49.0 Å². The smallest absolute Gasteiger partial charge is 0.339 e. The molecule has 1 aliphatic rings. The van der Waals surface area contributed by atoms with E-state index in [0.29, 0.717) is 35.1 Å². The molecule has 1 aromatic heterocycles. The maximum Gasteiger partial charge on any atom is 0.339 e. The fourth-order valence-electron chi connectivity index (χ4n) is 2.82. The Morgan fingerprint density at radius 2 is 2.04 bits per heavy atom. The van der Waals surface area contributed by atoms with Crippen LogP contribution in [0.1, 0.15) is 22.5 Å². The first kappa shape index (κ1) is 18.1. The summed E-state index contributed by atoms with van der Waals surface area (Å²) in [7, 11) is -1.66. The number of benzene rings is 1. The topological polar surface area (TPSA) is 110 Å². The number of ether oxygens (including phenoxy) is 1. The molecule has 3 rings (SSSR count). The second-order valence-electron chi connectivity index (χ2n) is 6.12. The number of aromatic nitrogens is 2. The minimum absolute atomic E-state index is 0.101. The van der Waals surface area contributed by atoms with Crippen molar-refractivity contribution >= 4 is 33.3 Å². The maximum atomic E-state index is 11.9. The number of esters is 1. The number of para-hydroxylation sites is 1. The zero-order valence-electron chi connectivity index (χ0n) is 14.5. The highest BCUT2D eigenvalue weighted by Crippen LogP contribution is 2.22. The molecule has 1 atom stereocenters. The van der Waals surface area contributed by atoms with Crippen molar-refractivity contribution in [3.05, 3.63) is 41.6 Å². The van der Waals surface area contributed by atoms with Crippen LogP contribution in [0, 0.1) is 6.92 Å². The van der Waals surface area contributed by atoms with Crippen molar-refractivity contribution in [3.63, 3.8) is 0 Å². The fraction of sp³-hybridized carbons (Fsp3) is 0.353. The average molecular weight is 376 g/mol. The van der Waals surface area contributed by atoms with Crippen molar-refractivity contribution in [2.75, 3.05) is 29.2 Å². The summed E-state index contributed by atoms with van der Waals surface area (Å²) in [6.45, 7) is 1.82. The van der Waals surface area contributed by atoms with Gasteiger partial charge in [0.05, 0.1) is 29.9 Å². The Kier molecular flexibility index (Phi) is 5.08. The van der Waals surface area contributed by atoms with Crippen LogP contribution in [0.4, 0.5) is 17.5 Å². The number of hydrogen-bond donors (Lipinski definition) is 2. The van der Waals surface area contributed by atoms with Crippen molar-refractivity contribution in [3.8, 4) is 0 Å². The van der Waals surface area contributed by atoms with Crippen molar-refractivity contribution < 1.29 is 17.9 Å². The lowest BCUT2D eigenvalue weighted by molar-refractivity contribution is 0.0602. The Labute approximate surface area is 151 Å². The molecule has 0 spiro atoms. The lowest BCUT2D eigenvalue weighted by Gasteiger charge is -2.14. The quantitative estimate of drug-likeness (QED) is 0.762. The molecule has 0 radical (unpaired) electrons. The summed E-state index contributed by atoms with van der Waals surface area (Å²) in [5, 5.41) is 6.18. The van der Waals surface area contributed by atoms with E-state index >= 15 is 0 Å². The first-order valence-corrected chi connectivity index (χ1v) is 9.95. The van der Waals surface area contributed by atoms with E-state index in [4.69, 9.17) is 4.74 Å².